The smallest absolute Gasteiger partial charge is 0.313 e. The molecule has 4 nitrogen and oxygen atoms in total. The van der Waals surface area contributed by atoms with E-state index in [9.17, 15) is 9.18 Å². The molecule has 0 saturated carbocycles. The highest BCUT2D eigenvalue weighted by Gasteiger charge is 2.14. The van der Waals surface area contributed by atoms with Gasteiger partial charge in [-0.25, -0.2) is 9.37 Å². The van der Waals surface area contributed by atoms with E-state index in [0.29, 0.717) is 22.7 Å². The number of aliphatic carboxylic acids is 1. The molecular formula is C12H10ClFN2O2S. The minimum absolute atomic E-state index is 0.00694. The first-order chi connectivity index (χ1) is 9.02. The predicted molar refractivity (Wildman–Crippen MR) is 73.3 cm³/mol. The standard InChI is InChI=1S/C12H10ClFN2O2S/c1-2-3-16-10-4-7(13)8(14)5-9(10)15-12(16)19-6-11(17)18/h2,4-5H,1,3,6H2,(H,17,18). The molecule has 7 heteroatoms. The van der Waals surface area contributed by atoms with Crippen molar-refractivity contribution >= 4 is 40.4 Å². The fourth-order valence-corrected chi connectivity index (χ4v) is 2.54. The summed E-state index contributed by atoms with van der Waals surface area (Å²) in [6.45, 7) is 4.08. The van der Waals surface area contributed by atoms with E-state index >= 15 is 0 Å². The molecule has 0 fully saturated rings. The van der Waals surface area contributed by atoms with E-state index in [1.807, 2.05) is 0 Å². The second-order valence-electron chi connectivity index (χ2n) is 3.73. The summed E-state index contributed by atoms with van der Waals surface area (Å²) in [7, 11) is 0. The van der Waals surface area contributed by atoms with Gasteiger partial charge >= 0.3 is 5.97 Å². The molecule has 0 aliphatic heterocycles. The first kappa shape index (κ1) is 13.9. The van der Waals surface area contributed by atoms with E-state index in [0.717, 1.165) is 11.8 Å². The van der Waals surface area contributed by atoms with Crippen LogP contribution in [-0.4, -0.2) is 26.4 Å². The number of allylic oxidation sites excluding steroid dienone is 1. The van der Waals surface area contributed by atoms with Crippen LogP contribution in [0.3, 0.4) is 0 Å². The summed E-state index contributed by atoms with van der Waals surface area (Å²) >= 11 is 6.83. The van der Waals surface area contributed by atoms with Crippen molar-refractivity contribution in [3.63, 3.8) is 0 Å². The van der Waals surface area contributed by atoms with Gasteiger partial charge in [-0.05, 0) is 6.07 Å². The number of benzene rings is 1. The van der Waals surface area contributed by atoms with Crippen molar-refractivity contribution in [1.29, 1.82) is 0 Å². The van der Waals surface area contributed by atoms with Crippen LogP contribution in [0.5, 0.6) is 0 Å². The second-order valence-corrected chi connectivity index (χ2v) is 5.08. The number of halogens is 2. The van der Waals surface area contributed by atoms with Crippen molar-refractivity contribution < 1.29 is 14.3 Å². The molecule has 0 atom stereocenters. The molecule has 0 bridgehead atoms. The molecule has 0 radical (unpaired) electrons. The van der Waals surface area contributed by atoms with Gasteiger partial charge in [0.05, 0.1) is 21.8 Å². The van der Waals surface area contributed by atoms with Gasteiger partial charge in [0.15, 0.2) is 5.16 Å². The van der Waals surface area contributed by atoms with Crippen molar-refractivity contribution in [2.24, 2.45) is 0 Å². The van der Waals surface area contributed by atoms with Crippen LogP contribution in [0.25, 0.3) is 11.0 Å². The van der Waals surface area contributed by atoms with Gasteiger partial charge in [0.25, 0.3) is 0 Å². The van der Waals surface area contributed by atoms with Crippen LogP contribution in [-0.2, 0) is 11.3 Å². The summed E-state index contributed by atoms with van der Waals surface area (Å²) in [4.78, 5) is 14.8. The van der Waals surface area contributed by atoms with Gasteiger partial charge in [0.2, 0.25) is 0 Å². The molecule has 1 heterocycles. The zero-order valence-electron chi connectivity index (χ0n) is 9.77. The van der Waals surface area contributed by atoms with Crippen LogP contribution >= 0.6 is 23.4 Å². The average Bonchev–Trinajstić information content (AvgIpc) is 2.66. The zero-order chi connectivity index (χ0) is 14.0. The molecule has 0 aliphatic rings. The summed E-state index contributed by atoms with van der Waals surface area (Å²) in [5.41, 5.74) is 1.09. The number of carboxylic acid groups (broad SMARTS) is 1. The number of carboxylic acids is 1. The Labute approximate surface area is 117 Å². The Hall–Kier alpha value is -1.53. The highest BCUT2D eigenvalue weighted by molar-refractivity contribution is 7.99. The number of hydrogen-bond acceptors (Lipinski definition) is 3. The lowest BCUT2D eigenvalue weighted by atomic mass is 10.3. The Bertz CT molecular complexity index is 657. The van der Waals surface area contributed by atoms with Crippen molar-refractivity contribution in [3.8, 4) is 0 Å². The normalized spacial score (nSPS) is 10.8. The van der Waals surface area contributed by atoms with Gasteiger partial charge in [-0.1, -0.05) is 29.4 Å². The Morgan fingerprint density at radius 1 is 1.63 bits per heavy atom. The molecular weight excluding hydrogens is 291 g/mol. The van der Waals surface area contributed by atoms with Gasteiger partial charge in [-0.3, -0.25) is 4.79 Å². The fourth-order valence-electron chi connectivity index (χ4n) is 1.64. The van der Waals surface area contributed by atoms with Crippen molar-refractivity contribution in [2.75, 3.05) is 5.75 Å². The maximum atomic E-state index is 13.4. The van der Waals surface area contributed by atoms with Gasteiger partial charge in [-0.2, -0.15) is 0 Å². The van der Waals surface area contributed by atoms with Crippen LogP contribution in [0.1, 0.15) is 0 Å². The second kappa shape index (κ2) is 5.63. The first-order valence-corrected chi connectivity index (χ1v) is 6.70. The topological polar surface area (TPSA) is 55.1 Å². The lowest BCUT2D eigenvalue weighted by Crippen LogP contribution is -2.02. The molecule has 1 N–H and O–H groups in total. The van der Waals surface area contributed by atoms with E-state index in [-0.39, 0.29) is 10.8 Å². The SMILES string of the molecule is C=CCn1c(SCC(=O)O)nc2cc(F)c(Cl)cc21. The Morgan fingerprint density at radius 3 is 3.00 bits per heavy atom. The van der Waals surface area contributed by atoms with Gasteiger partial charge < -0.3 is 9.67 Å². The quantitative estimate of drug-likeness (QED) is 0.680. The van der Waals surface area contributed by atoms with Crippen LogP contribution < -0.4 is 0 Å². The van der Waals surface area contributed by atoms with Gasteiger partial charge in [-0.15, -0.1) is 6.58 Å². The van der Waals surface area contributed by atoms with Gasteiger partial charge in [0, 0.05) is 12.6 Å². The van der Waals surface area contributed by atoms with E-state index in [1.165, 1.54) is 12.1 Å². The van der Waals surface area contributed by atoms with E-state index in [1.54, 1.807) is 10.6 Å². The molecule has 0 unspecified atom stereocenters. The lowest BCUT2D eigenvalue weighted by molar-refractivity contribution is -0.133. The van der Waals surface area contributed by atoms with Crippen LogP contribution in [0.2, 0.25) is 5.02 Å². The molecule has 100 valence electrons. The number of carbonyl (C=O) groups is 1. The van der Waals surface area contributed by atoms with Crippen LogP contribution in [0, 0.1) is 5.82 Å². The van der Waals surface area contributed by atoms with Gasteiger partial charge in [0.1, 0.15) is 5.82 Å². The maximum absolute atomic E-state index is 13.4. The monoisotopic (exact) mass is 300 g/mol. The molecule has 0 saturated heterocycles. The molecule has 1 aromatic carbocycles. The molecule has 0 amide bonds. The number of thioether (sulfide) groups is 1. The largest absolute Gasteiger partial charge is 0.481 e. The highest BCUT2D eigenvalue weighted by Crippen LogP contribution is 2.28. The zero-order valence-corrected chi connectivity index (χ0v) is 11.3. The number of imidazole rings is 1. The Balaban J connectivity index is 2.52. The number of nitrogens with zero attached hydrogens (tertiary/aromatic N) is 2. The third-order valence-electron chi connectivity index (χ3n) is 2.39. The average molecular weight is 301 g/mol. The van der Waals surface area contributed by atoms with E-state index in [2.05, 4.69) is 11.6 Å². The van der Waals surface area contributed by atoms with Crippen molar-refractivity contribution in [2.45, 2.75) is 11.7 Å². The number of hydrogen-bond donors (Lipinski definition) is 1. The van der Waals surface area contributed by atoms with Crippen LogP contribution in [0.4, 0.5) is 4.39 Å². The Kier molecular flexibility index (Phi) is 4.11. The molecule has 2 rings (SSSR count). The third-order valence-corrected chi connectivity index (χ3v) is 3.64. The summed E-state index contributed by atoms with van der Waals surface area (Å²) in [6, 6.07) is 2.72. The van der Waals surface area contributed by atoms with Crippen molar-refractivity contribution in [1.82, 2.24) is 9.55 Å². The minimum Gasteiger partial charge on any atom is -0.481 e. The lowest BCUT2D eigenvalue weighted by Gasteiger charge is -2.04. The number of rotatable bonds is 5. The molecule has 0 spiro atoms. The fraction of sp³-hybridized carbons (Fsp3) is 0.167. The maximum Gasteiger partial charge on any atom is 0.313 e. The molecule has 2 aromatic rings. The summed E-state index contributed by atoms with van der Waals surface area (Å²) in [5, 5.41) is 9.21. The third kappa shape index (κ3) is 2.90. The summed E-state index contributed by atoms with van der Waals surface area (Å²) in [6.07, 6.45) is 1.66. The van der Waals surface area contributed by atoms with Crippen LogP contribution in [0.15, 0.2) is 29.9 Å². The minimum atomic E-state index is -0.938. The molecule has 1 aromatic heterocycles. The van der Waals surface area contributed by atoms with E-state index < -0.39 is 11.8 Å². The van der Waals surface area contributed by atoms with Crippen molar-refractivity contribution in [3.05, 3.63) is 35.6 Å². The van der Waals surface area contributed by atoms with E-state index in [4.69, 9.17) is 16.7 Å². The predicted octanol–water partition coefficient (Wildman–Crippen LogP) is 3.19. The number of fused-ring (bicyclic) bond motifs is 1. The number of aromatic nitrogens is 2. The highest BCUT2D eigenvalue weighted by atomic mass is 35.5. The summed E-state index contributed by atoms with van der Waals surface area (Å²) < 4.78 is 15.1. The summed E-state index contributed by atoms with van der Waals surface area (Å²) in [5.74, 6) is -1.60. The Morgan fingerprint density at radius 2 is 2.37 bits per heavy atom. The first-order valence-electron chi connectivity index (χ1n) is 5.33. The molecule has 19 heavy (non-hydrogen) atoms. The molecule has 0 aliphatic carbocycles.